The van der Waals surface area contributed by atoms with E-state index in [0.717, 1.165) is 19.3 Å². The lowest BCUT2D eigenvalue weighted by atomic mass is 9.39. The standard InChI is InChI=1S/C24H46B3ClO6/c1-19(2)20(3,4)30-25(29-19)17(15-13-14-16-28)18(26-31-21(5,6)22(7,8)32-26)27-33-23(9,10)24(11,12)34-27/h17-18H,13-16H2,1-12H3/t17-/m0/s1. The molecule has 3 aliphatic heterocycles. The first-order valence-electron chi connectivity index (χ1n) is 12.9. The van der Waals surface area contributed by atoms with Crippen molar-refractivity contribution in [3.63, 3.8) is 0 Å². The highest BCUT2D eigenvalue weighted by molar-refractivity contribution is 6.71. The summed E-state index contributed by atoms with van der Waals surface area (Å²) in [5, 5.41) is 0. The zero-order chi connectivity index (χ0) is 26.0. The topological polar surface area (TPSA) is 55.4 Å². The minimum absolute atomic E-state index is 0.0753. The van der Waals surface area contributed by atoms with Gasteiger partial charge in [0.05, 0.1) is 33.6 Å². The first kappa shape index (κ1) is 28.8. The molecule has 0 unspecified atom stereocenters. The molecule has 34 heavy (non-hydrogen) atoms. The van der Waals surface area contributed by atoms with Crippen LogP contribution in [0, 0.1) is 0 Å². The molecule has 3 saturated heterocycles. The van der Waals surface area contributed by atoms with Gasteiger partial charge in [-0.05, 0) is 95.3 Å². The molecule has 1 atom stereocenters. The van der Waals surface area contributed by atoms with Gasteiger partial charge in [-0.2, -0.15) is 0 Å². The van der Waals surface area contributed by atoms with Gasteiger partial charge >= 0.3 is 21.4 Å². The fraction of sp³-hybridized carbons (Fsp3) is 1.00. The van der Waals surface area contributed by atoms with Crippen molar-refractivity contribution in [2.45, 2.75) is 147 Å². The van der Waals surface area contributed by atoms with Crippen LogP contribution >= 0.6 is 11.6 Å². The zero-order valence-corrected chi connectivity index (χ0v) is 24.3. The van der Waals surface area contributed by atoms with Crippen molar-refractivity contribution >= 4 is 33.0 Å². The normalized spacial score (nSPS) is 29.3. The van der Waals surface area contributed by atoms with Crippen LogP contribution in [0.25, 0.3) is 0 Å². The van der Waals surface area contributed by atoms with Crippen LogP contribution in [0.5, 0.6) is 0 Å². The summed E-state index contributed by atoms with van der Waals surface area (Å²) in [7, 11) is -1.50. The molecule has 10 heteroatoms. The summed E-state index contributed by atoms with van der Waals surface area (Å²) < 4.78 is 39.6. The average Bonchev–Trinajstić information content (AvgIpc) is 3.08. The Morgan fingerprint density at radius 3 is 1.09 bits per heavy atom. The Balaban J connectivity index is 2.02. The van der Waals surface area contributed by atoms with E-state index in [0.29, 0.717) is 5.88 Å². The number of hydrogen-bond acceptors (Lipinski definition) is 6. The quantitative estimate of drug-likeness (QED) is 0.234. The molecule has 194 valence electrons. The molecule has 0 saturated carbocycles. The van der Waals surface area contributed by atoms with Crippen molar-refractivity contribution < 1.29 is 27.9 Å². The first-order valence-corrected chi connectivity index (χ1v) is 13.4. The number of halogens is 1. The maximum atomic E-state index is 6.61. The number of alkyl halides is 1. The molecular formula is C24H46B3ClO6. The van der Waals surface area contributed by atoms with Crippen LogP contribution < -0.4 is 0 Å². The van der Waals surface area contributed by atoms with Crippen LogP contribution in [0.2, 0.25) is 11.5 Å². The monoisotopic (exact) mass is 498 g/mol. The minimum Gasteiger partial charge on any atom is -0.403 e. The molecule has 0 radical (unpaired) electrons. The van der Waals surface area contributed by atoms with Crippen molar-refractivity contribution in [2.24, 2.45) is 0 Å². The molecule has 0 aromatic carbocycles. The predicted octanol–water partition coefficient (Wildman–Crippen LogP) is 5.95. The molecule has 0 aromatic heterocycles. The number of hydrogen-bond donors (Lipinski definition) is 0. The first-order chi connectivity index (χ1) is 15.3. The van der Waals surface area contributed by atoms with Crippen LogP contribution in [0.3, 0.4) is 0 Å². The van der Waals surface area contributed by atoms with Crippen LogP contribution in [0.4, 0.5) is 0 Å². The fourth-order valence-electron chi connectivity index (χ4n) is 4.67. The number of rotatable bonds is 8. The molecule has 3 heterocycles. The average molecular weight is 499 g/mol. The second-order valence-corrected chi connectivity index (χ2v) is 13.7. The molecule has 6 nitrogen and oxygen atoms in total. The molecular weight excluding hydrogens is 452 g/mol. The van der Waals surface area contributed by atoms with Gasteiger partial charge in [-0.15, -0.1) is 11.6 Å². The minimum atomic E-state index is -0.528. The molecule has 3 rings (SSSR count). The maximum absolute atomic E-state index is 6.61. The van der Waals surface area contributed by atoms with Gasteiger partial charge in [0, 0.05) is 11.6 Å². The molecule has 0 aliphatic carbocycles. The van der Waals surface area contributed by atoms with Crippen molar-refractivity contribution in [3.05, 3.63) is 0 Å². The van der Waals surface area contributed by atoms with E-state index in [-0.39, 0.29) is 11.5 Å². The van der Waals surface area contributed by atoms with E-state index in [1.807, 2.05) is 0 Å². The highest BCUT2D eigenvalue weighted by Gasteiger charge is 2.66. The summed E-state index contributed by atoms with van der Waals surface area (Å²) in [4.78, 5) is 0. The summed E-state index contributed by atoms with van der Waals surface area (Å²) in [5.74, 6) is 0.543. The second kappa shape index (κ2) is 9.22. The Hall–Kier alpha value is 0.245. The smallest absolute Gasteiger partial charge is 0.403 e. The van der Waals surface area contributed by atoms with Crippen molar-refractivity contribution in [1.29, 1.82) is 0 Å². The summed E-state index contributed by atoms with van der Waals surface area (Å²) >= 11 is 6.06. The van der Waals surface area contributed by atoms with Crippen molar-refractivity contribution in [3.8, 4) is 0 Å². The molecule has 0 N–H and O–H groups in total. The van der Waals surface area contributed by atoms with Crippen LogP contribution in [-0.4, -0.2) is 60.8 Å². The van der Waals surface area contributed by atoms with Gasteiger partial charge in [-0.25, -0.2) is 0 Å². The van der Waals surface area contributed by atoms with Gasteiger partial charge in [0.1, 0.15) is 0 Å². The Kier molecular flexibility index (Phi) is 7.81. The summed E-state index contributed by atoms with van der Waals surface area (Å²) in [5.41, 5.74) is -3.05. The Morgan fingerprint density at radius 2 is 0.794 bits per heavy atom. The number of unbranched alkanes of at least 4 members (excludes halogenated alkanes) is 1. The summed E-state index contributed by atoms with van der Waals surface area (Å²) in [6.07, 6.45) is 2.69. The molecule has 3 aliphatic rings. The van der Waals surface area contributed by atoms with E-state index in [4.69, 9.17) is 39.5 Å². The third-order valence-corrected chi connectivity index (χ3v) is 9.48. The maximum Gasteiger partial charge on any atom is 0.460 e. The Bertz CT molecular complexity index is 658. The van der Waals surface area contributed by atoms with E-state index in [1.165, 1.54) is 0 Å². The van der Waals surface area contributed by atoms with Gasteiger partial charge < -0.3 is 27.9 Å². The van der Waals surface area contributed by atoms with Gasteiger partial charge in [0.25, 0.3) is 0 Å². The van der Waals surface area contributed by atoms with Gasteiger partial charge in [-0.1, -0.05) is 12.8 Å². The highest BCUT2D eigenvalue weighted by Crippen LogP contribution is 2.53. The van der Waals surface area contributed by atoms with Crippen LogP contribution in [0.15, 0.2) is 0 Å². The summed E-state index contributed by atoms with van der Waals surface area (Å²) in [6, 6.07) is 0. The summed E-state index contributed by atoms with van der Waals surface area (Å²) in [6.45, 7) is 24.9. The third-order valence-electron chi connectivity index (χ3n) is 9.21. The lowest BCUT2D eigenvalue weighted by Crippen LogP contribution is -2.45. The van der Waals surface area contributed by atoms with Crippen LogP contribution in [-0.2, 0) is 27.9 Å². The van der Waals surface area contributed by atoms with Gasteiger partial charge in [0.15, 0.2) is 0 Å². The fourth-order valence-corrected chi connectivity index (χ4v) is 4.86. The highest BCUT2D eigenvalue weighted by atomic mass is 35.5. The van der Waals surface area contributed by atoms with E-state index in [9.17, 15) is 0 Å². The van der Waals surface area contributed by atoms with E-state index in [1.54, 1.807) is 0 Å². The van der Waals surface area contributed by atoms with E-state index in [2.05, 4.69) is 83.1 Å². The van der Waals surface area contributed by atoms with Gasteiger partial charge in [-0.3, -0.25) is 0 Å². The van der Waals surface area contributed by atoms with Gasteiger partial charge in [0.2, 0.25) is 0 Å². The molecule has 0 amide bonds. The molecule has 3 fully saturated rings. The second-order valence-electron chi connectivity index (χ2n) is 13.3. The van der Waals surface area contributed by atoms with E-state index < -0.39 is 55.0 Å². The molecule has 0 spiro atoms. The Labute approximate surface area is 214 Å². The Morgan fingerprint density at radius 1 is 0.500 bits per heavy atom. The third kappa shape index (κ3) is 5.14. The SMILES string of the molecule is CC1(C)OB(C(B2OC(C)(C)C(C)(C)O2)[C@H](CCCCCl)B2OC(C)(C)C(C)(C)O2)OC1(C)C. The van der Waals surface area contributed by atoms with Crippen molar-refractivity contribution in [2.75, 3.05) is 5.88 Å². The predicted molar refractivity (Wildman–Crippen MR) is 140 cm³/mol. The lowest BCUT2D eigenvalue weighted by Gasteiger charge is -2.32. The lowest BCUT2D eigenvalue weighted by molar-refractivity contribution is 0.00578. The zero-order valence-electron chi connectivity index (χ0n) is 23.5. The molecule has 0 aromatic rings. The van der Waals surface area contributed by atoms with Crippen LogP contribution in [0.1, 0.15) is 102 Å². The largest absolute Gasteiger partial charge is 0.460 e. The van der Waals surface area contributed by atoms with E-state index >= 15 is 0 Å². The van der Waals surface area contributed by atoms with Crippen molar-refractivity contribution in [1.82, 2.24) is 0 Å². The molecule has 0 bridgehead atoms.